The molecule has 1 N–H and O–H groups in total. The van der Waals surface area contributed by atoms with Crippen molar-refractivity contribution in [2.75, 3.05) is 11.9 Å². The van der Waals surface area contributed by atoms with E-state index in [0.29, 0.717) is 30.3 Å². The first-order valence-electron chi connectivity index (χ1n) is 9.85. The molecule has 7 heteroatoms. The second kappa shape index (κ2) is 7.16. The number of carbonyl (C=O) groups is 2. The van der Waals surface area contributed by atoms with E-state index < -0.39 is 0 Å². The zero-order valence-electron chi connectivity index (χ0n) is 15.9. The summed E-state index contributed by atoms with van der Waals surface area (Å²) in [6, 6.07) is 11.8. The summed E-state index contributed by atoms with van der Waals surface area (Å²) < 4.78 is 1.72. The quantitative estimate of drug-likeness (QED) is 0.747. The molecule has 2 aliphatic rings. The van der Waals surface area contributed by atoms with Gasteiger partial charge in [-0.15, -0.1) is 0 Å². The van der Waals surface area contributed by atoms with Gasteiger partial charge in [-0.25, -0.2) is 9.97 Å². The third kappa shape index (κ3) is 3.63. The van der Waals surface area contributed by atoms with Gasteiger partial charge in [0, 0.05) is 25.2 Å². The molecule has 2 aromatic heterocycles. The van der Waals surface area contributed by atoms with E-state index in [-0.39, 0.29) is 17.7 Å². The van der Waals surface area contributed by atoms with Crippen LogP contribution in [0.25, 0.3) is 5.82 Å². The largest absolute Gasteiger partial charge is 0.333 e. The van der Waals surface area contributed by atoms with Crippen LogP contribution in [0.4, 0.5) is 5.69 Å². The highest BCUT2D eigenvalue weighted by atomic mass is 16.2. The Morgan fingerprint density at radius 1 is 1.03 bits per heavy atom. The van der Waals surface area contributed by atoms with Gasteiger partial charge in [-0.2, -0.15) is 0 Å². The summed E-state index contributed by atoms with van der Waals surface area (Å²) in [5, 5.41) is 2.87. The molecule has 0 unspecified atom stereocenters. The van der Waals surface area contributed by atoms with Gasteiger partial charge in [-0.3, -0.25) is 14.2 Å². The molecule has 0 atom stereocenters. The fourth-order valence-electron chi connectivity index (χ4n) is 3.59. The van der Waals surface area contributed by atoms with Crippen molar-refractivity contribution < 1.29 is 9.59 Å². The van der Waals surface area contributed by atoms with Crippen molar-refractivity contribution in [3.63, 3.8) is 0 Å². The first kappa shape index (κ1) is 17.6. The third-order valence-corrected chi connectivity index (χ3v) is 5.45. The maximum absolute atomic E-state index is 12.9. The lowest BCUT2D eigenvalue weighted by atomic mass is 10.00. The van der Waals surface area contributed by atoms with Gasteiger partial charge < -0.3 is 10.2 Å². The Morgan fingerprint density at radius 3 is 2.62 bits per heavy atom. The number of anilines is 1. The lowest BCUT2D eigenvalue weighted by molar-refractivity contribution is -0.117. The van der Waals surface area contributed by atoms with E-state index in [9.17, 15) is 9.59 Å². The van der Waals surface area contributed by atoms with Gasteiger partial charge in [-0.1, -0.05) is 24.3 Å². The number of imidazole rings is 1. The minimum Gasteiger partial charge on any atom is -0.333 e. The number of amides is 2. The van der Waals surface area contributed by atoms with Crippen LogP contribution in [0.5, 0.6) is 0 Å². The SMILES string of the molecule is O=C(Nc1ccc(-n2cnc(C(=O)N3CCc4ccccc4C3)c2)nc1)C1CC1. The first-order chi connectivity index (χ1) is 14.2. The summed E-state index contributed by atoms with van der Waals surface area (Å²) in [6.45, 7) is 1.30. The van der Waals surface area contributed by atoms with Crippen LogP contribution in [-0.2, 0) is 17.8 Å². The van der Waals surface area contributed by atoms with Crippen molar-refractivity contribution >= 4 is 17.5 Å². The second-order valence-corrected chi connectivity index (χ2v) is 7.58. The maximum atomic E-state index is 12.9. The standard InChI is InChI=1S/C22H21N5O2/c28-21(16-5-6-16)25-18-7-8-20(23-11-18)27-13-19(24-14-27)22(29)26-10-9-15-3-1-2-4-17(15)12-26/h1-4,7-8,11,13-14,16H,5-6,9-10,12H2,(H,25,28). The fourth-order valence-corrected chi connectivity index (χ4v) is 3.59. The van der Waals surface area contributed by atoms with E-state index in [2.05, 4.69) is 27.4 Å². The summed E-state index contributed by atoms with van der Waals surface area (Å²) in [7, 11) is 0. The smallest absolute Gasteiger partial charge is 0.274 e. The average molecular weight is 387 g/mol. The third-order valence-electron chi connectivity index (χ3n) is 5.45. The molecule has 2 amide bonds. The van der Waals surface area contributed by atoms with Crippen molar-refractivity contribution in [1.82, 2.24) is 19.4 Å². The van der Waals surface area contributed by atoms with Crippen LogP contribution in [-0.4, -0.2) is 37.8 Å². The monoisotopic (exact) mass is 387 g/mol. The Morgan fingerprint density at radius 2 is 1.86 bits per heavy atom. The van der Waals surface area contributed by atoms with Gasteiger partial charge in [0.05, 0.1) is 11.9 Å². The normalized spacial score (nSPS) is 15.7. The molecule has 5 rings (SSSR count). The highest BCUT2D eigenvalue weighted by Crippen LogP contribution is 2.30. The average Bonchev–Trinajstić information content (AvgIpc) is 3.50. The summed E-state index contributed by atoms with van der Waals surface area (Å²) in [5.74, 6) is 0.772. The van der Waals surface area contributed by atoms with Crippen LogP contribution >= 0.6 is 0 Å². The molecule has 7 nitrogen and oxygen atoms in total. The molecule has 3 heterocycles. The van der Waals surface area contributed by atoms with Crippen molar-refractivity contribution in [2.24, 2.45) is 5.92 Å². The molecular weight excluding hydrogens is 366 g/mol. The zero-order chi connectivity index (χ0) is 19.8. The highest BCUT2D eigenvalue weighted by Gasteiger charge is 2.29. The molecular formula is C22H21N5O2. The minimum absolute atomic E-state index is 0.0539. The van der Waals surface area contributed by atoms with Crippen LogP contribution in [0.2, 0.25) is 0 Å². The second-order valence-electron chi connectivity index (χ2n) is 7.58. The maximum Gasteiger partial charge on any atom is 0.274 e. The van der Waals surface area contributed by atoms with Crippen LogP contribution in [0, 0.1) is 5.92 Å². The Kier molecular flexibility index (Phi) is 4.35. The molecule has 0 saturated heterocycles. The van der Waals surface area contributed by atoms with Crippen molar-refractivity contribution in [2.45, 2.75) is 25.8 Å². The minimum atomic E-state index is -0.0773. The molecule has 0 radical (unpaired) electrons. The van der Waals surface area contributed by atoms with E-state index in [1.807, 2.05) is 23.1 Å². The molecule has 146 valence electrons. The number of hydrogen-bond donors (Lipinski definition) is 1. The van der Waals surface area contributed by atoms with E-state index in [1.54, 1.807) is 29.4 Å². The molecule has 29 heavy (non-hydrogen) atoms. The lowest BCUT2D eigenvalue weighted by Gasteiger charge is -2.28. The Labute approximate surface area is 168 Å². The predicted molar refractivity (Wildman–Crippen MR) is 108 cm³/mol. The summed E-state index contributed by atoms with van der Waals surface area (Å²) >= 11 is 0. The van der Waals surface area contributed by atoms with Gasteiger partial charge in [0.15, 0.2) is 0 Å². The number of nitrogens with zero attached hydrogens (tertiary/aromatic N) is 4. The van der Waals surface area contributed by atoms with Gasteiger partial charge in [0.2, 0.25) is 5.91 Å². The number of fused-ring (bicyclic) bond motifs is 1. The van der Waals surface area contributed by atoms with Crippen molar-refractivity contribution in [3.8, 4) is 5.82 Å². The van der Waals surface area contributed by atoms with Crippen molar-refractivity contribution in [1.29, 1.82) is 0 Å². The van der Waals surface area contributed by atoms with Gasteiger partial charge in [0.1, 0.15) is 17.8 Å². The van der Waals surface area contributed by atoms with Crippen LogP contribution in [0.1, 0.15) is 34.5 Å². The number of carbonyl (C=O) groups excluding carboxylic acids is 2. The first-order valence-corrected chi connectivity index (χ1v) is 9.85. The molecule has 0 bridgehead atoms. The zero-order valence-corrected chi connectivity index (χ0v) is 15.9. The number of pyridine rings is 1. The fraction of sp³-hybridized carbons (Fsp3) is 0.273. The molecule has 0 spiro atoms. The van der Waals surface area contributed by atoms with Gasteiger partial charge >= 0.3 is 0 Å². The van der Waals surface area contributed by atoms with Crippen molar-refractivity contribution in [3.05, 3.63) is 71.9 Å². The van der Waals surface area contributed by atoms with Gasteiger partial charge in [0.25, 0.3) is 5.91 Å². The highest BCUT2D eigenvalue weighted by molar-refractivity contribution is 5.94. The molecule has 1 aromatic carbocycles. The molecule has 1 aliphatic carbocycles. The molecule has 1 saturated carbocycles. The Hall–Kier alpha value is -3.48. The molecule has 3 aromatic rings. The predicted octanol–water partition coefficient (Wildman–Crippen LogP) is 2.81. The number of aromatic nitrogens is 3. The van der Waals surface area contributed by atoms with Crippen LogP contribution in [0.15, 0.2) is 55.1 Å². The number of rotatable bonds is 4. The van der Waals surface area contributed by atoms with E-state index in [4.69, 9.17) is 0 Å². The molecule has 1 fully saturated rings. The summed E-state index contributed by atoms with van der Waals surface area (Å²) in [6.07, 6.45) is 7.71. The Balaban J connectivity index is 1.28. The van der Waals surface area contributed by atoms with Gasteiger partial charge in [-0.05, 0) is 42.5 Å². The van der Waals surface area contributed by atoms with Crippen LogP contribution < -0.4 is 5.32 Å². The molecule has 1 aliphatic heterocycles. The lowest BCUT2D eigenvalue weighted by Crippen LogP contribution is -2.36. The summed E-state index contributed by atoms with van der Waals surface area (Å²) in [4.78, 5) is 35.2. The number of hydrogen-bond acceptors (Lipinski definition) is 4. The van der Waals surface area contributed by atoms with Crippen LogP contribution in [0.3, 0.4) is 0 Å². The van der Waals surface area contributed by atoms with E-state index in [1.165, 1.54) is 11.1 Å². The number of nitrogens with one attached hydrogen (secondary N) is 1. The van der Waals surface area contributed by atoms with E-state index >= 15 is 0 Å². The summed E-state index contributed by atoms with van der Waals surface area (Å²) in [5.41, 5.74) is 3.57. The topological polar surface area (TPSA) is 80.1 Å². The Bertz CT molecular complexity index is 1070. The number of benzene rings is 1. The van der Waals surface area contributed by atoms with E-state index in [0.717, 1.165) is 19.3 Å².